The molecular formula is C13H26N2O3. The van der Waals surface area contributed by atoms with Gasteiger partial charge in [0.15, 0.2) is 0 Å². The van der Waals surface area contributed by atoms with E-state index in [0.717, 1.165) is 6.42 Å². The van der Waals surface area contributed by atoms with Gasteiger partial charge in [-0.15, -0.1) is 0 Å². The molecule has 0 rings (SSSR count). The second kappa shape index (κ2) is 7.24. The van der Waals surface area contributed by atoms with Gasteiger partial charge >= 0.3 is 12.0 Å². The van der Waals surface area contributed by atoms with Crippen LogP contribution in [0.25, 0.3) is 0 Å². The van der Waals surface area contributed by atoms with E-state index in [1.165, 1.54) is 4.90 Å². The molecule has 2 N–H and O–H groups in total. The standard InChI is InChI=1S/C13H26N2O3/c1-10(2)8-13(3,4)9-14-12(18)15(5)7-6-11(16)17/h10H,6-9H2,1-5H3,(H,14,18)(H,16,17). The molecule has 5 nitrogen and oxygen atoms in total. The number of nitrogens with zero attached hydrogens (tertiary/aromatic N) is 1. The third kappa shape index (κ3) is 7.92. The molecule has 0 atom stereocenters. The summed E-state index contributed by atoms with van der Waals surface area (Å²) in [5.41, 5.74) is 0.0530. The number of nitrogens with one attached hydrogen (secondary N) is 1. The Bertz CT molecular complexity index is 288. The van der Waals surface area contributed by atoms with Crippen molar-refractivity contribution in [1.29, 1.82) is 0 Å². The topological polar surface area (TPSA) is 69.6 Å². The number of rotatable bonds is 7. The highest BCUT2D eigenvalue weighted by Gasteiger charge is 2.21. The summed E-state index contributed by atoms with van der Waals surface area (Å²) < 4.78 is 0. The summed E-state index contributed by atoms with van der Waals surface area (Å²) in [5.74, 6) is -0.309. The highest BCUT2D eigenvalue weighted by molar-refractivity contribution is 5.75. The molecule has 0 aliphatic rings. The number of hydrogen-bond donors (Lipinski definition) is 2. The summed E-state index contributed by atoms with van der Waals surface area (Å²) in [7, 11) is 1.60. The fourth-order valence-electron chi connectivity index (χ4n) is 1.99. The maximum absolute atomic E-state index is 11.7. The summed E-state index contributed by atoms with van der Waals surface area (Å²) in [6, 6.07) is -0.215. The van der Waals surface area contributed by atoms with Gasteiger partial charge < -0.3 is 15.3 Å². The zero-order chi connectivity index (χ0) is 14.3. The molecule has 0 saturated carbocycles. The van der Waals surface area contributed by atoms with Crippen LogP contribution in [0, 0.1) is 11.3 Å². The van der Waals surface area contributed by atoms with Crippen molar-refractivity contribution >= 4 is 12.0 Å². The van der Waals surface area contributed by atoms with E-state index in [9.17, 15) is 9.59 Å². The van der Waals surface area contributed by atoms with Crippen LogP contribution < -0.4 is 5.32 Å². The minimum Gasteiger partial charge on any atom is -0.481 e. The SMILES string of the molecule is CC(C)CC(C)(C)CNC(=O)N(C)CCC(=O)O. The molecule has 106 valence electrons. The number of hydrogen-bond acceptors (Lipinski definition) is 2. The zero-order valence-electron chi connectivity index (χ0n) is 12.1. The van der Waals surface area contributed by atoms with E-state index in [-0.39, 0.29) is 24.4 Å². The van der Waals surface area contributed by atoms with Crippen molar-refractivity contribution in [3.63, 3.8) is 0 Å². The smallest absolute Gasteiger partial charge is 0.317 e. The van der Waals surface area contributed by atoms with Crippen LogP contribution in [0.2, 0.25) is 0 Å². The lowest BCUT2D eigenvalue weighted by molar-refractivity contribution is -0.137. The van der Waals surface area contributed by atoms with Crippen molar-refractivity contribution in [3.8, 4) is 0 Å². The predicted octanol–water partition coefficient (Wildman–Crippen LogP) is 2.17. The molecular weight excluding hydrogens is 232 g/mol. The van der Waals surface area contributed by atoms with Crippen LogP contribution in [0.3, 0.4) is 0 Å². The Morgan fingerprint density at radius 2 is 1.89 bits per heavy atom. The fourth-order valence-corrected chi connectivity index (χ4v) is 1.99. The van der Waals surface area contributed by atoms with E-state index >= 15 is 0 Å². The van der Waals surface area contributed by atoms with Gasteiger partial charge in [0.2, 0.25) is 0 Å². The maximum Gasteiger partial charge on any atom is 0.317 e. The molecule has 0 spiro atoms. The number of carboxylic acid groups (broad SMARTS) is 1. The number of carboxylic acids is 1. The number of aliphatic carboxylic acids is 1. The second-order valence-corrected chi connectivity index (χ2v) is 5.99. The lowest BCUT2D eigenvalue weighted by Gasteiger charge is -2.28. The molecule has 0 fully saturated rings. The van der Waals surface area contributed by atoms with Crippen LogP contribution in [0.5, 0.6) is 0 Å². The lowest BCUT2D eigenvalue weighted by atomic mass is 9.84. The van der Waals surface area contributed by atoms with Crippen LogP contribution in [0.1, 0.15) is 40.5 Å². The fraction of sp³-hybridized carbons (Fsp3) is 0.846. The number of amides is 2. The van der Waals surface area contributed by atoms with E-state index in [1.807, 2.05) is 0 Å². The molecule has 0 aromatic rings. The molecule has 0 saturated heterocycles. The van der Waals surface area contributed by atoms with Crippen molar-refractivity contribution in [2.45, 2.75) is 40.5 Å². The Labute approximate surface area is 110 Å². The normalized spacial score (nSPS) is 11.4. The molecule has 0 aromatic heterocycles. The number of urea groups is 1. The number of carbonyl (C=O) groups is 2. The highest BCUT2D eigenvalue weighted by Crippen LogP contribution is 2.24. The Hall–Kier alpha value is -1.26. The van der Waals surface area contributed by atoms with Gasteiger partial charge in [-0.05, 0) is 17.8 Å². The van der Waals surface area contributed by atoms with Gasteiger partial charge in [0, 0.05) is 20.1 Å². The van der Waals surface area contributed by atoms with Gasteiger partial charge in [0.05, 0.1) is 6.42 Å². The third-order valence-corrected chi connectivity index (χ3v) is 2.69. The number of carbonyl (C=O) groups excluding carboxylic acids is 1. The van der Waals surface area contributed by atoms with E-state index < -0.39 is 5.97 Å². The minimum absolute atomic E-state index is 0.0285. The molecule has 18 heavy (non-hydrogen) atoms. The first-order chi connectivity index (χ1) is 8.14. The largest absolute Gasteiger partial charge is 0.481 e. The zero-order valence-corrected chi connectivity index (χ0v) is 12.1. The first kappa shape index (κ1) is 16.7. The molecule has 0 aromatic carbocycles. The summed E-state index contributed by atoms with van der Waals surface area (Å²) in [5, 5.41) is 11.4. The van der Waals surface area contributed by atoms with Crippen molar-refractivity contribution in [1.82, 2.24) is 10.2 Å². The van der Waals surface area contributed by atoms with Crippen molar-refractivity contribution < 1.29 is 14.7 Å². The molecule has 0 heterocycles. The van der Waals surface area contributed by atoms with E-state index in [0.29, 0.717) is 12.5 Å². The van der Waals surface area contributed by atoms with Crippen molar-refractivity contribution in [2.75, 3.05) is 20.1 Å². The average Bonchev–Trinajstić information content (AvgIpc) is 2.20. The molecule has 0 unspecified atom stereocenters. The summed E-state index contributed by atoms with van der Waals surface area (Å²) in [4.78, 5) is 23.5. The van der Waals surface area contributed by atoms with Crippen LogP contribution >= 0.6 is 0 Å². The lowest BCUT2D eigenvalue weighted by Crippen LogP contribution is -2.42. The third-order valence-electron chi connectivity index (χ3n) is 2.69. The second-order valence-electron chi connectivity index (χ2n) is 5.99. The van der Waals surface area contributed by atoms with Gasteiger partial charge in [-0.1, -0.05) is 27.7 Å². The maximum atomic E-state index is 11.7. The first-order valence-electron chi connectivity index (χ1n) is 6.35. The summed E-state index contributed by atoms with van der Waals surface area (Å²) in [6.07, 6.45) is 1.01. The van der Waals surface area contributed by atoms with Gasteiger partial charge in [0.25, 0.3) is 0 Å². The van der Waals surface area contributed by atoms with Crippen LogP contribution in [-0.4, -0.2) is 42.1 Å². The summed E-state index contributed by atoms with van der Waals surface area (Å²) >= 11 is 0. The average molecular weight is 258 g/mol. The van der Waals surface area contributed by atoms with Gasteiger partial charge in [-0.3, -0.25) is 4.79 Å². The highest BCUT2D eigenvalue weighted by atomic mass is 16.4. The molecule has 5 heteroatoms. The van der Waals surface area contributed by atoms with Gasteiger partial charge in [-0.2, -0.15) is 0 Å². The predicted molar refractivity (Wildman–Crippen MR) is 71.5 cm³/mol. The quantitative estimate of drug-likeness (QED) is 0.735. The Kier molecular flexibility index (Phi) is 6.73. The molecule has 0 radical (unpaired) electrons. The first-order valence-corrected chi connectivity index (χ1v) is 6.35. The van der Waals surface area contributed by atoms with E-state index in [1.54, 1.807) is 7.05 Å². The van der Waals surface area contributed by atoms with E-state index in [4.69, 9.17) is 5.11 Å². The molecule has 0 aliphatic carbocycles. The van der Waals surface area contributed by atoms with Gasteiger partial charge in [0.1, 0.15) is 0 Å². The van der Waals surface area contributed by atoms with Crippen molar-refractivity contribution in [3.05, 3.63) is 0 Å². The Morgan fingerprint density at radius 1 is 1.33 bits per heavy atom. The molecule has 0 bridgehead atoms. The molecule has 2 amide bonds. The van der Waals surface area contributed by atoms with E-state index in [2.05, 4.69) is 33.0 Å². The van der Waals surface area contributed by atoms with Crippen LogP contribution in [-0.2, 0) is 4.79 Å². The Balaban J connectivity index is 4.05. The summed E-state index contributed by atoms with van der Waals surface area (Å²) in [6.45, 7) is 9.37. The van der Waals surface area contributed by atoms with Crippen LogP contribution in [0.15, 0.2) is 0 Å². The van der Waals surface area contributed by atoms with Crippen molar-refractivity contribution in [2.24, 2.45) is 11.3 Å². The van der Waals surface area contributed by atoms with Crippen LogP contribution in [0.4, 0.5) is 4.79 Å². The molecule has 0 aliphatic heterocycles. The monoisotopic (exact) mass is 258 g/mol. The Morgan fingerprint density at radius 3 is 2.33 bits per heavy atom. The minimum atomic E-state index is -0.894. The van der Waals surface area contributed by atoms with Gasteiger partial charge in [-0.25, -0.2) is 4.79 Å².